The van der Waals surface area contributed by atoms with Crippen LogP contribution < -0.4 is 0 Å². The first-order chi connectivity index (χ1) is 8.48. The molecule has 0 spiro atoms. The minimum absolute atomic E-state index is 0.218. The topological polar surface area (TPSA) is 23.8 Å². The largest absolute Gasteiger partial charge is 0.417 e. The van der Waals surface area contributed by atoms with Crippen LogP contribution >= 0.6 is 0 Å². The van der Waals surface area contributed by atoms with Gasteiger partial charge in [0.1, 0.15) is 0 Å². The molecule has 19 heavy (non-hydrogen) atoms. The molecule has 0 saturated heterocycles. The van der Waals surface area contributed by atoms with Gasteiger partial charge in [-0.1, -0.05) is 0 Å². The maximum absolute atomic E-state index is 12.4. The first kappa shape index (κ1) is 15.2. The Hall–Kier alpha value is -1.85. The lowest BCUT2D eigenvalue weighted by Gasteiger charge is -2.16. The van der Waals surface area contributed by atoms with E-state index in [4.69, 9.17) is 5.26 Å². The lowest BCUT2D eigenvalue weighted by molar-refractivity contribution is -0.143. The standard InChI is InChI=1S/C10H3F8N/c11-8(12)5-2-6(9(13,14)15)4(3-19)1-7(5)10(16,17)18/h1-2,8H. The van der Waals surface area contributed by atoms with Crippen molar-refractivity contribution in [2.75, 3.05) is 0 Å². The third kappa shape index (κ3) is 3.13. The summed E-state index contributed by atoms with van der Waals surface area (Å²) >= 11 is 0. The van der Waals surface area contributed by atoms with Gasteiger partial charge in [0, 0.05) is 5.56 Å². The van der Waals surface area contributed by atoms with Crippen molar-refractivity contribution in [3.63, 3.8) is 0 Å². The molecule has 0 heterocycles. The zero-order valence-corrected chi connectivity index (χ0v) is 8.70. The molecule has 0 unspecified atom stereocenters. The maximum Gasteiger partial charge on any atom is 0.417 e. The summed E-state index contributed by atoms with van der Waals surface area (Å²) in [7, 11) is 0. The Morgan fingerprint density at radius 1 is 0.895 bits per heavy atom. The van der Waals surface area contributed by atoms with E-state index in [0.29, 0.717) is 0 Å². The number of alkyl halides is 8. The molecule has 0 aliphatic carbocycles. The Morgan fingerprint density at radius 3 is 1.68 bits per heavy atom. The lowest BCUT2D eigenvalue weighted by Crippen LogP contribution is -2.15. The van der Waals surface area contributed by atoms with E-state index in [1.54, 1.807) is 0 Å². The number of hydrogen-bond donors (Lipinski definition) is 0. The number of hydrogen-bond acceptors (Lipinski definition) is 1. The van der Waals surface area contributed by atoms with E-state index in [1.165, 1.54) is 0 Å². The average Bonchev–Trinajstić information content (AvgIpc) is 2.24. The van der Waals surface area contributed by atoms with Crippen LogP contribution in [0.5, 0.6) is 0 Å². The molecule has 0 N–H and O–H groups in total. The molecule has 1 nitrogen and oxygen atoms in total. The first-order valence-corrected chi connectivity index (χ1v) is 4.49. The molecule has 104 valence electrons. The number of benzene rings is 1. The van der Waals surface area contributed by atoms with Crippen molar-refractivity contribution in [3.8, 4) is 6.07 Å². The fourth-order valence-electron chi connectivity index (χ4n) is 1.37. The summed E-state index contributed by atoms with van der Waals surface area (Å²) in [6.07, 6.45) is -14.2. The number of nitrogens with zero attached hydrogens (tertiary/aromatic N) is 1. The summed E-state index contributed by atoms with van der Waals surface area (Å²) < 4.78 is 99.4. The Labute approximate surface area is 101 Å². The molecule has 0 aliphatic heterocycles. The summed E-state index contributed by atoms with van der Waals surface area (Å²) in [5, 5.41) is 8.40. The molecule has 1 aromatic rings. The summed E-state index contributed by atoms with van der Waals surface area (Å²) in [6.45, 7) is 0. The van der Waals surface area contributed by atoms with Gasteiger partial charge in [-0.2, -0.15) is 31.6 Å². The molecule has 0 amide bonds. The summed E-state index contributed by atoms with van der Waals surface area (Å²) in [5.74, 6) is 0. The maximum atomic E-state index is 12.4. The van der Waals surface area contributed by atoms with Crippen molar-refractivity contribution in [2.24, 2.45) is 0 Å². The average molecular weight is 289 g/mol. The third-order valence-electron chi connectivity index (χ3n) is 2.16. The molecule has 9 heteroatoms. The van der Waals surface area contributed by atoms with Gasteiger partial charge >= 0.3 is 12.4 Å². The predicted molar refractivity (Wildman–Crippen MR) is 46.1 cm³/mol. The normalized spacial score (nSPS) is 12.6. The zero-order valence-electron chi connectivity index (χ0n) is 8.70. The van der Waals surface area contributed by atoms with Gasteiger partial charge in [-0.25, -0.2) is 8.78 Å². The van der Waals surface area contributed by atoms with Gasteiger partial charge in [-0.15, -0.1) is 0 Å². The molecule has 0 fully saturated rings. The van der Waals surface area contributed by atoms with Crippen LogP contribution in [0.4, 0.5) is 35.1 Å². The van der Waals surface area contributed by atoms with Gasteiger partial charge < -0.3 is 0 Å². The van der Waals surface area contributed by atoms with Crippen LogP contribution in [-0.2, 0) is 12.4 Å². The SMILES string of the molecule is N#Cc1cc(C(F)(F)F)c(C(F)F)cc1C(F)(F)F. The van der Waals surface area contributed by atoms with E-state index < -0.39 is 41.0 Å². The van der Waals surface area contributed by atoms with Gasteiger partial charge in [0.15, 0.2) is 0 Å². The van der Waals surface area contributed by atoms with Crippen molar-refractivity contribution in [3.05, 3.63) is 34.4 Å². The Bertz CT molecular complexity index is 520. The van der Waals surface area contributed by atoms with Crippen molar-refractivity contribution in [1.29, 1.82) is 5.26 Å². The fourth-order valence-corrected chi connectivity index (χ4v) is 1.37. The molecular formula is C10H3F8N. The number of rotatable bonds is 1. The Morgan fingerprint density at radius 2 is 1.37 bits per heavy atom. The van der Waals surface area contributed by atoms with E-state index in [-0.39, 0.29) is 12.1 Å². The smallest absolute Gasteiger partial charge is 0.205 e. The van der Waals surface area contributed by atoms with Gasteiger partial charge in [-0.3, -0.25) is 0 Å². The second-order valence-electron chi connectivity index (χ2n) is 3.39. The Kier molecular flexibility index (Phi) is 3.74. The fraction of sp³-hybridized carbons (Fsp3) is 0.300. The molecule has 0 bridgehead atoms. The highest BCUT2D eigenvalue weighted by atomic mass is 19.4. The van der Waals surface area contributed by atoms with Crippen LogP contribution in [0.3, 0.4) is 0 Å². The molecule has 0 aliphatic rings. The monoisotopic (exact) mass is 289 g/mol. The summed E-state index contributed by atoms with van der Waals surface area (Å²) in [4.78, 5) is 0. The van der Waals surface area contributed by atoms with Crippen molar-refractivity contribution in [1.82, 2.24) is 0 Å². The van der Waals surface area contributed by atoms with E-state index in [9.17, 15) is 35.1 Å². The molecule has 1 rings (SSSR count). The third-order valence-corrected chi connectivity index (χ3v) is 2.16. The van der Waals surface area contributed by atoms with Gasteiger partial charge in [0.25, 0.3) is 6.43 Å². The quantitative estimate of drug-likeness (QED) is 0.697. The Balaban J connectivity index is 3.68. The van der Waals surface area contributed by atoms with Crippen LogP contribution in [0, 0.1) is 11.3 Å². The minimum Gasteiger partial charge on any atom is -0.205 e. The van der Waals surface area contributed by atoms with Crippen LogP contribution in [-0.4, -0.2) is 0 Å². The minimum atomic E-state index is -5.28. The highest BCUT2D eigenvalue weighted by Gasteiger charge is 2.41. The zero-order chi connectivity index (χ0) is 15.0. The van der Waals surface area contributed by atoms with E-state index in [2.05, 4.69) is 0 Å². The van der Waals surface area contributed by atoms with Gasteiger partial charge in [-0.05, 0) is 12.1 Å². The van der Waals surface area contributed by atoms with Crippen LogP contribution in [0.1, 0.15) is 28.7 Å². The number of nitriles is 1. The molecule has 0 atom stereocenters. The van der Waals surface area contributed by atoms with E-state index >= 15 is 0 Å². The molecule has 0 saturated carbocycles. The molecule has 0 radical (unpaired) electrons. The van der Waals surface area contributed by atoms with Gasteiger partial charge in [0.2, 0.25) is 0 Å². The van der Waals surface area contributed by atoms with Crippen LogP contribution in [0.2, 0.25) is 0 Å². The highest BCUT2D eigenvalue weighted by molar-refractivity contribution is 5.47. The van der Waals surface area contributed by atoms with Crippen molar-refractivity contribution >= 4 is 0 Å². The van der Waals surface area contributed by atoms with Crippen molar-refractivity contribution < 1.29 is 35.1 Å². The second-order valence-corrected chi connectivity index (χ2v) is 3.39. The molecule has 1 aromatic carbocycles. The first-order valence-electron chi connectivity index (χ1n) is 4.49. The lowest BCUT2D eigenvalue weighted by atomic mass is 9.98. The van der Waals surface area contributed by atoms with E-state index in [1.807, 2.05) is 0 Å². The van der Waals surface area contributed by atoms with Gasteiger partial charge in [0.05, 0.1) is 22.8 Å². The van der Waals surface area contributed by atoms with Crippen LogP contribution in [0.25, 0.3) is 0 Å². The summed E-state index contributed by atoms with van der Waals surface area (Å²) in [5.41, 5.74) is -6.94. The summed E-state index contributed by atoms with van der Waals surface area (Å²) in [6, 6.07) is 0.357. The van der Waals surface area contributed by atoms with Crippen molar-refractivity contribution in [2.45, 2.75) is 18.8 Å². The second kappa shape index (κ2) is 4.68. The predicted octanol–water partition coefficient (Wildman–Crippen LogP) is 4.53. The molecule has 0 aromatic heterocycles. The highest BCUT2D eigenvalue weighted by Crippen LogP contribution is 2.41. The van der Waals surface area contributed by atoms with E-state index in [0.717, 1.165) is 6.07 Å². The number of halogens is 8. The molecular weight excluding hydrogens is 286 g/mol. The van der Waals surface area contributed by atoms with Crippen LogP contribution in [0.15, 0.2) is 12.1 Å².